The molecule has 2 bridgehead atoms. The van der Waals surface area contributed by atoms with Crippen LogP contribution >= 0.6 is 23.2 Å². The van der Waals surface area contributed by atoms with E-state index in [0.717, 1.165) is 19.3 Å². The van der Waals surface area contributed by atoms with Crippen molar-refractivity contribution in [3.8, 4) is 5.75 Å². The van der Waals surface area contributed by atoms with E-state index < -0.39 is 15.9 Å². The van der Waals surface area contributed by atoms with Crippen LogP contribution in [0.5, 0.6) is 5.75 Å². The van der Waals surface area contributed by atoms with Crippen molar-refractivity contribution in [2.45, 2.75) is 43.0 Å². The molecule has 1 heterocycles. The highest BCUT2D eigenvalue weighted by molar-refractivity contribution is 7.90. The highest BCUT2D eigenvalue weighted by Gasteiger charge is 2.52. The van der Waals surface area contributed by atoms with Gasteiger partial charge in [-0.25, -0.2) is 8.42 Å². The molecule has 6 nitrogen and oxygen atoms in total. The van der Waals surface area contributed by atoms with Crippen LogP contribution in [0, 0.1) is 5.92 Å². The minimum Gasteiger partial charge on any atom is -0.506 e. The van der Waals surface area contributed by atoms with Gasteiger partial charge in [0.25, 0.3) is 5.91 Å². The minimum absolute atomic E-state index is 0.0206. The number of fused-ring (bicyclic) bond motifs is 2. The van der Waals surface area contributed by atoms with Crippen molar-refractivity contribution >= 4 is 39.1 Å². The van der Waals surface area contributed by atoms with E-state index in [2.05, 4.69) is 5.32 Å². The molecule has 0 spiro atoms. The van der Waals surface area contributed by atoms with Gasteiger partial charge in [0.05, 0.1) is 15.8 Å². The number of piperidine rings is 1. The first-order valence-electron chi connectivity index (χ1n) is 8.27. The van der Waals surface area contributed by atoms with Gasteiger partial charge in [0.1, 0.15) is 5.75 Å². The van der Waals surface area contributed by atoms with Gasteiger partial charge in [0.15, 0.2) is 0 Å². The van der Waals surface area contributed by atoms with E-state index in [1.807, 2.05) is 0 Å². The predicted octanol–water partition coefficient (Wildman–Crippen LogP) is 2.38. The first kappa shape index (κ1) is 17.4. The van der Waals surface area contributed by atoms with Crippen LogP contribution in [0.1, 0.15) is 36.0 Å². The summed E-state index contributed by atoms with van der Waals surface area (Å²) in [5, 5.41) is 13.0. The van der Waals surface area contributed by atoms with E-state index in [9.17, 15) is 18.3 Å². The first-order chi connectivity index (χ1) is 11.8. The van der Waals surface area contributed by atoms with Gasteiger partial charge in [-0.3, -0.25) is 4.79 Å². The van der Waals surface area contributed by atoms with Crippen LogP contribution in [-0.4, -0.2) is 47.6 Å². The SMILES string of the molecule is O=C(N[C@H]1C[C@H]2C[C@@H]1CN2S(=O)(=O)C1CC1)c1cc(Cl)cc(Cl)c1O. The van der Waals surface area contributed by atoms with E-state index in [-0.39, 0.29) is 44.6 Å². The smallest absolute Gasteiger partial charge is 0.255 e. The van der Waals surface area contributed by atoms with E-state index in [1.54, 1.807) is 4.31 Å². The van der Waals surface area contributed by atoms with Crippen molar-refractivity contribution in [2.75, 3.05) is 6.54 Å². The Labute approximate surface area is 156 Å². The van der Waals surface area contributed by atoms with Crippen LogP contribution in [0.2, 0.25) is 10.0 Å². The topological polar surface area (TPSA) is 86.7 Å². The Hall–Kier alpha value is -1.02. The fourth-order valence-corrected chi connectivity index (χ4v) is 6.54. The number of aromatic hydroxyl groups is 1. The van der Waals surface area contributed by atoms with Gasteiger partial charge in [0.2, 0.25) is 10.0 Å². The quantitative estimate of drug-likeness (QED) is 0.806. The van der Waals surface area contributed by atoms with Gasteiger partial charge in [-0.2, -0.15) is 4.31 Å². The summed E-state index contributed by atoms with van der Waals surface area (Å²) in [5.74, 6) is -0.653. The van der Waals surface area contributed by atoms with Crippen molar-refractivity contribution in [2.24, 2.45) is 5.92 Å². The lowest BCUT2D eigenvalue weighted by atomic mass is 10.0. The summed E-state index contributed by atoms with van der Waals surface area (Å²) in [5.41, 5.74) is 0.0303. The van der Waals surface area contributed by atoms with Gasteiger partial charge in [-0.1, -0.05) is 23.2 Å². The summed E-state index contributed by atoms with van der Waals surface area (Å²) < 4.78 is 26.5. The first-order valence-corrected chi connectivity index (χ1v) is 10.5. The second kappa shape index (κ2) is 6.01. The van der Waals surface area contributed by atoms with Crippen LogP contribution in [0.25, 0.3) is 0 Å². The van der Waals surface area contributed by atoms with E-state index >= 15 is 0 Å². The largest absolute Gasteiger partial charge is 0.506 e. The molecular formula is C16H18Cl2N2O4S. The number of hydrogen-bond donors (Lipinski definition) is 2. The second-order valence-electron chi connectivity index (χ2n) is 7.06. The number of halogens is 2. The Morgan fingerprint density at radius 1 is 1.24 bits per heavy atom. The molecule has 2 saturated carbocycles. The van der Waals surface area contributed by atoms with Crippen LogP contribution in [0.3, 0.4) is 0 Å². The van der Waals surface area contributed by atoms with Gasteiger partial charge in [0, 0.05) is 23.7 Å². The van der Waals surface area contributed by atoms with Gasteiger partial charge in [-0.05, 0) is 43.7 Å². The monoisotopic (exact) mass is 404 g/mol. The third-order valence-electron chi connectivity index (χ3n) is 5.35. The van der Waals surface area contributed by atoms with E-state index in [0.29, 0.717) is 13.0 Å². The van der Waals surface area contributed by atoms with Crippen molar-refractivity contribution in [3.05, 3.63) is 27.7 Å². The summed E-state index contributed by atoms with van der Waals surface area (Å²) in [6, 6.07) is 2.58. The van der Waals surface area contributed by atoms with Crippen LogP contribution < -0.4 is 5.32 Å². The average molecular weight is 405 g/mol. The molecule has 3 aliphatic rings. The molecule has 2 N–H and O–H groups in total. The Kier molecular flexibility index (Phi) is 4.18. The van der Waals surface area contributed by atoms with Crippen LogP contribution in [0.4, 0.5) is 0 Å². The molecule has 4 rings (SSSR count). The lowest BCUT2D eigenvalue weighted by Gasteiger charge is -2.31. The maximum absolute atomic E-state index is 12.5. The summed E-state index contributed by atoms with van der Waals surface area (Å²) in [7, 11) is -3.17. The summed E-state index contributed by atoms with van der Waals surface area (Å²) in [4.78, 5) is 12.5. The number of benzene rings is 1. The molecule has 3 atom stereocenters. The third kappa shape index (κ3) is 3.01. The molecule has 0 unspecified atom stereocenters. The number of phenolic OH excluding ortho intramolecular Hbond substituents is 1. The maximum Gasteiger partial charge on any atom is 0.255 e. The van der Waals surface area contributed by atoms with E-state index in [1.165, 1.54) is 12.1 Å². The summed E-state index contributed by atoms with van der Waals surface area (Å²) >= 11 is 11.8. The molecule has 9 heteroatoms. The summed E-state index contributed by atoms with van der Waals surface area (Å²) in [6.07, 6.45) is 2.87. The second-order valence-corrected chi connectivity index (χ2v) is 10.1. The number of phenols is 1. The number of nitrogens with zero attached hydrogens (tertiary/aromatic N) is 1. The highest BCUT2D eigenvalue weighted by atomic mass is 35.5. The molecular weight excluding hydrogens is 387 g/mol. The fourth-order valence-electron chi connectivity index (χ4n) is 3.94. The predicted molar refractivity (Wildman–Crippen MR) is 94.5 cm³/mol. The number of carbonyl (C=O) groups is 1. The maximum atomic E-state index is 12.5. The normalized spacial score (nSPS) is 29.1. The molecule has 0 aromatic heterocycles. The lowest BCUT2D eigenvalue weighted by Crippen LogP contribution is -2.48. The molecule has 1 aromatic carbocycles. The van der Waals surface area contributed by atoms with Gasteiger partial charge >= 0.3 is 0 Å². The van der Waals surface area contributed by atoms with E-state index in [4.69, 9.17) is 23.2 Å². The molecule has 2 aliphatic carbocycles. The number of hydrogen-bond acceptors (Lipinski definition) is 4. The molecule has 1 saturated heterocycles. The third-order valence-corrected chi connectivity index (χ3v) is 8.27. The molecule has 136 valence electrons. The van der Waals surface area contributed by atoms with Crippen LogP contribution in [0.15, 0.2) is 12.1 Å². The fraction of sp³-hybridized carbons (Fsp3) is 0.562. The van der Waals surface area contributed by atoms with Crippen molar-refractivity contribution in [1.82, 2.24) is 9.62 Å². The van der Waals surface area contributed by atoms with Crippen molar-refractivity contribution in [3.63, 3.8) is 0 Å². The Morgan fingerprint density at radius 2 is 1.96 bits per heavy atom. The zero-order valence-electron chi connectivity index (χ0n) is 13.3. The molecule has 1 amide bonds. The van der Waals surface area contributed by atoms with Crippen molar-refractivity contribution in [1.29, 1.82) is 0 Å². The number of rotatable bonds is 4. The van der Waals surface area contributed by atoms with Gasteiger partial charge < -0.3 is 10.4 Å². The molecule has 1 aromatic rings. The Bertz CT molecular complexity index is 841. The number of amides is 1. The highest BCUT2D eigenvalue weighted by Crippen LogP contribution is 2.43. The standard InChI is InChI=1S/C16H18Cl2N2O4S/c17-9-4-12(15(21)13(18)5-9)16(22)19-14-6-10-3-8(14)7-20(10)25(23,24)11-1-2-11/h4-5,8,10-11,14,21H,1-3,6-7H2,(H,19,22)/t8-,10-,14+/m1/s1. The minimum atomic E-state index is -3.17. The number of carbonyl (C=O) groups excluding carboxylic acids is 1. The molecule has 3 fully saturated rings. The number of sulfonamides is 1. The zero-order valence-corrected chi connectivity index (χ0v) is 15.6. The van der Waals surface area contributed by atoms with Crippen LogP contribution in [-0.2, 0) is 10.0 Å². The molecule has 0 radical (unpaired) electrons. The lowest BCUT2D eigenvalue weighted by molar-refractivity contribution is 0.0917. The molecule has 25 heavy (non-hydrogen) atoms. The number of nitrogens with one attached hydrogen (secondary N) is 1. The Morgan fingerprint density at radius 3 is 2.56 bits per heavy atom. The van der Waals surface area contributed by atoms with Crippen molar-refractivity contribution < 1.29 is 18.3 Å². The van der Waals surface area contributed by atoms with Gasteiger partial charge in [-0.15, -0.1) is 0 Å². The average Bonchev–Trinajstić information content (AvgIpc) is 3.23. The summed E-state index contributed by atoms with van der Waals surface area (Å²) in [6.45, 7) is 0.455. The zero-order chi connectivity index (χ0) is 17.9. The Balaban J connectivity index is 1.45. The molecule has 1 aliphatic heterocycles.